The van der Waals surface area contributed by atoms with Crippen molar-refractivity contribution in [3.05, 3.63) is 76.4 Å². The Hall–Kier alpha value is -2.39. The second kappa shape index (κ2) is 9.85. The molecule has 2 aromatic heterocycles. The van der Waals surface area contributed by atoms with Crippen LogP contribution in [0.3, 0.4) is 0 Å². The molecule has 33 heavy (non-hydrogen) atoms. The summed E-state index contributed by atoms with van der Waals surface area (Å²) in [7, 11) is 1.85. The van der Waals surface area contributed by atoms with E-state index < -0.39 is 16.1 Å². The zero-order valence-corrected chi connectivity index (χ0v) is 21.5. The molecule has 4 aromatic rings. The van der Waals surface area contributed by atoms with Crippen molar-refractivity contribution in [2.75, 3.05) is 12.4 Å². The fourth-order valence-corrected chi connectivity index (χ4v) is 4.75. The van der Waals surface area contributed by atoms with Gasteiger partial charge in [0.1, 0.15) is 16.3 Å². The van der Waals surface area contributed by atoms with Crippen molar-refractivity contribution in [1.82, 2.24) is 14.9 Å². The van der Waals surface area contributed by atoms with Crippen LogP contribution in [0.4, 0.5) is 5.82 Å². The zero-order chi connectivity index (χ0) is 23.6. The Morgan fingerprint density at radius 1 is 1.09 bits per heavy atom. The van der Waals surface area contributed by atoms with Gasteiger partial charge in [-0.1, -0.05) is 51.4 Å². The van der Waals surface area contributed by atoms with Crippen LogP contribution in [0.5, 0.6) is 0 Å². The van der Waals surface area contributed by atoms with Crippen LogP contribution >= 0.6 is 15.9 Å². The van der Waals surface area contributed by atoms with Crippen LogP contribution in [0.2, 0.25) is 0 Å². The molecule has 0 aliphatic rings. The van der Waals surface area contributed by atoms with Gasteiger partial charge in [-0.25, -0.2) is 4.98 Å². The maximum Gasteiger partial charge on any atom is 0.168 e. The quantitative estimate of drug-likeness (QED) is 0.286. The lowest BCUT2D eigenvalue weighted by Crippen LogP contribution is -2.42. The number of nitrogens with one attached hydrogen (secondary N) is 2. The lowest BCUT2D eigenvalue weighted by atomic mass is 9.94. The summed E-state index contributed by atoms with van der Waals surface area (Å²) in [6.45, 7) is 5.88. The lowest BCUT2D eigenvalue weighted by molar-refractivity contribution is 0.459. The largest absolute Gasteiger partial charge is 0.598 e. The number of rotatable bonds is 7. The van der Waals surface area contributed by atoms with E-state index in [1.807, 2.05) is 88.5 Å². The van der Waals surface area contributed by atoms with Crippen molar-refractivity contribution < 1.29 is 9.08 Å². The average molecular weight is 527 g/mol. The third kappa shape index (κ3) is 5.41. The zero-order valence-electron chi connectivity index (χ0n) is 19.1. The molecule has 172 valence electrons. The van der Waals surface area contributed by atoms with E-state index in [-0.39, 0.29) is 6.04 Å². The molecule has 6 nitrogen and oxygen atoms in total. The highest BCUT2D eigenvalue weighted by atomic mass is 79.9. The fraction of sp³-hybridized carbons (Fsp3) is 0.280. The molecule has 0 bridgehead atoms. The van der Waals surface area contributed by atoms with Gasteiger partial charge in [0.15, 0.2) is 5.58 Å². The van der Waals surface area contributed by atoms with E-state index in [0.29, 0.717) is 12.0 Å². The molecule has 0 amide bonds. The van der Waals surface area contributed by atoms with Gasteiger partial charge in [-0.2, -0.15) is 0 Å². The number of anilines is 1. The van der Waals surface area contributed by atoms with Crippen molar-refractivity contribution in [1.29, 1.82) is 0 Å². The van der Waals surface area contributed by atoms with E-state index in [1.165, 1.54) is 0 Å². The van der Waals surface area contributed by atoms with Crippen molar-refractivity contribution in [3.8, 4) is 11.3 Å². The van der Waals surface area contributed by atoms with E-state index >= 15 is 0 Å². The minimum Gasteiger partial charge on any atom is -0.598 e. The summed E-state index contributed by atoms with van der Waals surface area (Å²) in [5, 5.41) is 8.40. The molecule has 2 N–H and O–H groups in total. The lowest BCUT2D eigenvalue weighted by Gasteiger charge is -2.29. The van der Waals surface area contributed by atoms with Gasteiger partial charge in [-0.05, 0) is 56.7 Å². The van der Waals surface area contributed by atoms with Gasteiger partial charge in [0.25, 0.3) is 0 Å². The summed E-state index contributed by atoms with van der Waals surface area (Å²) in [5.74, 6) is 0.796. The minimum atomic E-state index is -1.28. The number of fused-ring (bicyclic) bond motifs is 1. The molecule has 0 spiro atoms. The Kier molecular flexibility index (Phi) is 7.09. The molecule has 0 saturated heterocycles. The van der Waals surface area contributed by atoms with Crippen LogP contribution < -0.4 is 10.0 Å². The predicted octanol–water partition coefficient (Wildman–Crippen LogP) is 6.03. The highest BCUT2D eigenvalue weighted by Gasteiger charge is 2.31. The van der Waals surface area contributed by atoms with Crippen LogP contribution in [0.15, 0.2) is 69.7 Å². The third-order valence-corrected chi connectivity index (χ3v) is 7.41. The summed E-state index contributed by atoms with van der Waals surface area (Å²) in [6.07, 6.45) is 0.565. The molecule has 8 heteroatoms. The Labute approximate surface area is 205 Å². The Balaban J connectivity index is 1.79. The third-order valence-electron chi connectivity index (χ3n) is 5.31. The van der Waals surface area contributed by atoms with Crippen molar-refractivity contribution >= 4 is 44.1 Å². The van der Waals surface area contributed by atoms with Gasteiger partial charge >= 0.3 is 0 Å². The predicted molar refractivity (Wildman–Crippen MR) is 138 cm³/mol. The van der Waals surface area contributed by atoms with Crippen molar-refractivity contribution in [2.45, 2.75) is 38.0 Å². The minimum absolute atomic E-state index is 0.247. The van der Waals surface area contributed by atoms with E-state index in [4.69, 9.17) is 4.52 Å². The molecule has 1 unspecified atom stereocenters. The van der Waals surface area contributed by atoms with E-state index in [1.54, 1.807) is 0 Å². The molecule has 0 fully saturated rings. The van der Waals surface area contributed by atoms with Crippen molar-refractivity contribution in [2.24, 2.45) is 0 Å². The van der Waals surface area contributed by atoms with E-state index in [0.717, 1.165) is 38.2 Å². The SMILES string of the molecule is CNc1cccc(C[C@H](N[S+]([O-])C(C)(C)C)c2ccccc2-c2noc3cc(Br)ccc23)n1. The monoisotopic (exact) mass is 526 g/mol. The second-order valence-corrected chi connectivity index (χ2v) is 11.7. The first-order valence-corrected chi connectivity index (χ1v) is 12.7. The number of aromatic nitrogens is 2. The average Bonchev–Trinajstić information content (AvgIpc) is 3.21. The van der Waals surface area contributed by atoms with Gasteiger partial charge in [-0.15, -0.1) is 4.72 Å². The molecular weight excluding hydrogens is 500 g/mol. The first kappa shape index (κ1) is 23.8. The van der Waals surface area contributed by atoms with Crippen LogP contribution in [0.1, 0.15) is 38.1 Å². The molecule has 0 radical (unpaired) electrons. The molecule has 2 aromatic carbocycles. The van der Waals surface area contributed by atoms with Crippen molar-refractivity contribution in [3.63, 3.8) is 0 Å². The first-order valence-electron chi connectivity index (χ1n) is 10.7. The molecule has 4 rings (SSSR count). The topological polar surface area (TPSA) is 86.0 Å². The van der Waals surface area contributed by atoms with Crippen LogP contribution in [0, 0.1) is 0 Å². The molecule has 0 saturated carbocycles. The fourth-order valence-electron chi connectivity index (χ4n) is 3.58. The summed E-state index contributed by atoms with van der Waals surface area (Å²) >= 11 is 2.21. The summed E-state index contributed by atoms with van der Waals surface area (Å²) in [6, 6.07) is 19.6. The number of halogens is 1. The highest BCUT2D eigenvalue weighted by Crippen LogP contribution is 2.35. The van der Waals surface area contributed by atoms with E-state index in [9.17, 15) is 4.55 Å². The smallest absolute Gasteiger partial charge is 0.168 e. The number of pyridine rings is 1. The molecule has 0 aliphatic carbocycles. The summed E-state index contributed by atoms with van der Waals surface area (Å²) in [5.41, 5.74) is 4.30. The van der Waals surface area contributed by atoms with Gasteiger partial charge < -0.3 is 14.4 Å². The van der Waals surface area contributed by atoms with Crippen LogP contribution in [0.25, 0.3) is 22.2 Å². The summed E-state index contributed by atoms with van der Waals surface area (Å²) in [4.78, 5) is 4.69. The first-order chi connectivity index (χ1) is 15.8. The molecule has 2 heterocycles. The van der Waals surface area contributed by atoms with Crippen LogP contribution in [-0.2, 0) is 17.8 Å². The Morgan fingerprint density at radius 3 is 2.64 bits per heavy atom. The number of benzene rings is 2. The number of hydrogen-bond acceptors (Lipinski definition) is 6. The molecular formula is C25H27BrN4O2S. The second-order valence-electron chi connectivity index (χ2n) is 8.78. The number of nitrogens with zero attached hydrogens (tertiary/aromatic N) is 2. The maximum absolute atomic E-state index is 13.1. The van der Waals surface area contributed by atoms with Gasteiger partial charge in [0.2, 0.25) is 0 Å². The van der Waals surface area contributed by atoms with Crippen LogP contribution in [-0.4, -0.2) is 26.5 Å². The van der Waals surface area contributed by atoms with E-state index in [2.05, 4.69) is 36.1 Å². The summed E-state index contributed by atoms with van der Waals surface area (Å²) < 4.78 is 22.6. The Bertz CT molecular complexity index is 1250. The molecule has 2 atom stereocenters. The normalized spacial score (nSPS) is 13.8. The Morgan fingerprint density at radius 2 is 1.88 bits per heavy atom. The molecule has 0 aliphatic heterocycles. The maximum atomic E-state index is 13.1. The standard InChI is InChI=1S/C25H27BrN4O2S/c1-25(2,3)33(31)30-21(15-17-8-7-11-23(27-4)28-17)18-9-5-6-10-19(18)24-20-13-12-16(26)14-22(20)32-29-24/h5-14,21,30H,15H2,1-4H3,(H,27,28)/t21-,33?/m0/s1. The van der Waals surface area contributed by atoms with Gasteiger partial charge in [-0.3, -0.25) is 0 Å². The highest BCUT2D eigenvalue weighted by molar-refractivity contribution is 9.10. The number of hydrogen-bond donors (Lipinski definition) is 2. The van der Waals surface area contributed by atoms with Gasteiger partial charge in [0.05, 0.1) is 6.04 Å². The van der Waals surface area contributed by atoms with Gasteiger partial charge in [0, 0.05) is 45.9 Å².